The average molecular weight is 254 g/mol. The molecule has 0 fully saturated rings. The van der Waals surface area contributed by atoms with Crippen molar-refractivity contribution in [3.05, 3.63) is 47.2 Å². The Kier molecular flexibility index (Phi) is 3.95. The standard InChI is InChI=1S/C13H11N.2ClH/c1-9-11-4-2-3-5-12(11)10-6-7-14-13(9)8-10;;/h2-7H,8H2,1H3;2*1H. The monoisotopic (exact) mass is 253 g/mol. The minimum atomic E-state index is 0. The number of hydrogen-bond donors (Lipinski definition) is 0. The first-order chi connectivity index (χ1) is 6.86. The molecule has 0 saturated carbocycles. The maximum atomic E-state index is 4.41. The van der Waals surface area contributed by atoms with E-state index in [9.17, 15) is 0 Å². The molecule has 1 aliphatic heterocycles. The Hall–Kier alpha value is -1.05. The highest BCUT2D eigenvalue weighted by atomic mass is 35.5. The molecule has 1 nitrogen and oxygen atoms in total. The van der Waals surface area contributed by atoms with Crippen LogP contribution in [-0.2, 0) is 0 Å². The summed E-state index contributed by atoms with van der Waals surface area (Å²) in [6, 6.07) is 8.57. The van der Waals surface area contributed by atoms with Crippen molar-refractivity contribution >= 4 is 42.2 Å². The number of fused-ring (bicyclic) bond motifs is 4. The van der Waals surface area contributed by atoms with Crippen molar-refractivity contribution in [2.75, 3.05) is 0 Å². The van der Waals surface area contributed by atoms with Crippen LogP contribution in [0.3, 0.4) is 0 Å². The highest BCUT2D eigenvalue weighted by Crippen LogP contribution is 2.39. The second-order valence-electron chi connectivity index (χ2n) is 3.76. The van der Waals surface area contributed by atoms with E-state index in [-0.39, 0.29) is 24.8 Å². The molecule has 0 radical (unpaired) electrons. The maximum Gasteiger partial charge on any atom is 0.0482 e. The van der Waals surface area contributed by atoms with Gasteiger partial charge in [0.2, 0.25) is 0 Å². The van der Waals surface area contributed by atoms with E-state index in [4.69, 9.17) is 0 Å². The largest absolute Gasteiger partial charge is 0.261 e. The molecule has 0 amide bonds. The Morgan fingerprint density at radius 3 is 2.50 bits per heavy atom. The first-order valence-electron chi connectivity index (χ1n) is 4.89. The topological polar surface area (TPSA) is 12.4 Å². The lowest BCUT2D eigenvalue weighted by Gasteiger charge is -2.23. The van der Waals surface area contributed by atoms with Gasteiger partial charge in [0.1, 0.15) is 0 Å². The molecule has 2 bridgehead atoms. The predicted molar refractivity (Wildman–Crippen MR) is 74.6 cm³/mol. The van der Waals surface area contributed by atoms with Crippen molar-refractivity contribution in [3.63, 3.8) is 0 Å². The second kappa shape index (κ2) is 4.86. The van der Waals surface area contributed by atoms with Gasteiger partial charge in [-0.1, -0.05) is 24.3 Å². The fraction of sp³-hybridized carbons (Fsp3) is 0.154. The van der Waals surface area contributed by atoms with E-state index in [1.807, 2.05) is 6.21 Å². The van der Waals surface area contributed by atoms with Crippen LogP contribution < -0.4 is 0 Å². The summed E-state index contributed by atoms with van der Waals surface area (Å²) in [4.78, 5) is 4.41. The molecule has 0 spiro atoms. The van der Waals surface area contributed by atoms with Crippen LogP contribution in [0.1, 0.15) is 24.5 Å². The Balaban J connectivity index is 0.000000640. The average Bonchev–Trinajstić information content (AvgIpc) is 2.27. The number of hydrogen-bond acceptors (Lipinski definition) is 1. The fourth-order valence-corrected chi connectivity index (χ4v) is 2.16. The number of aliphatic imine (C=N–C) groups is 1. The van der Waals surface area contributed by atoms with Gasteiger partial charge in [-0.3, -0.25) is 4.99 Å². The number of allylic oxidation sites excluding steroid dienone is 3. The van der Waals surface area contributed by atoms with Gasteiger partial charge in [0.05, 0.1) is 0 Å². The second-order valence-corrected chi connectivity index (χ2v) is 3.76. The number of dihydropyridines is 1. The zero-order valence-corrected chi connectivity index (χ0v) is 10.6. The molecule has 1 aromatic rings. The third kappa shape index (κ3) is 1.81. The lowest BCUT2D eigenvalue weighted by atomic mass is 9.85. The van der Waals surface area contributed by atoms with Crippen molar-refractivity contribution in [3.8, 4) is 0 Å². The van der Waals surface area contributed by atoms with Crippen LogP contribution in [0.2, 0.25) is 0 Å². The first-order valence-corrected chi connectivity index (χ1v) is 4.89. The molecular formula is C13H13Cl2N. The van der Waals surface area contributed by atoms with Crippen LogP contribution in [0.5, 0.6) is 0 Å². The summed E-state index contributed by atoms with van der Waals surface area (Å²) in [7, 11) is 0. The van der Waals surface area contributed by atoms with E-state index < -0.39 is 0 Å². The van der Waals surface area contributed by atoms with Gasteiger partial charge in [-0.25, -0.2) is 0 Å². The normalized spacial score (nSPS) is 15.7. The molecule has 16 heavy (non-hydrogen) atoms. The Bertz CT molecular complexity index is 498. The van der Waals surface area contributed by atoms with Gasteiger partial charge in [-0.15, -0.1) is 24.8 Å². The van der Waals surface area contributed by atoms with Crippen LogP contribution >= 0.6 is 24.8 Å². The Morgan fingerprint density at radius 1 is 1.06 bits per heavy atom. The molecule has 2 aliphatic rings. The van der Waals surface area contributed by atoms with E-state index in [0.717, 1.165) is 6.42 Å². The lowest BCUT2D eigenvalue weighted by Crippen LogP contribution is -2.04. The van der Waals surface area contributed by atoms with Crippen molar-refractivity contribution < 1.29 is 0 Å². The summed E-state index contributed by atoms with van der Waals surface area (Å²) < 4.78 is 0. The van der Waals surface area contributed by atoms with Crippen LogP contribution in [0, 0.1) is 0 Å². The number of rotatable bonds is 0. The summed E-state index contributed by atoms with van der Waals surface area (Å²) in [5.41, 5.74) is 6.67. The van der Waals surface area contributed by atoms with Crippen LogP contribution in [0.4, 0.5) is 0 Å². The molecule has 1 heterocycles. The lowest BCUT2D eigenvalue weighted by molar-refractivity contribution is 1.14. The van der Waals surface area contributed by atoms with E-state index in [0.29, 0.717) is 0 Å². The van der Waals surface area contributed by atoms with Gasteiger partial charge in [0.15, 0.2) is 0 Å². The summed E-state index contributed by atoms with van der Waals surface area (Å²) in [6.45, 7) is 2.16. The van der Waals surface area contributed by atoms with Crippen LogP contribution in [-0.4, -0.2) is 6.21 Å². The van der Waals surface area contributed by atoms with Gasteiger partial charge in [0, 0.05) is 18.3 Å². The maximum absolute atomic E-state index is 4.41. The summed E-state index contributed by atoms with van der Waals surface area (Å²) >= 11 is 0. The van der Waals surface area contributed by atoms with Crippen LogP contribution in [0.15, 0.2) is 41.0 Å². The zero-order chi connectivity index (χ0) is 9.54. The van der Waals surface area contributed by atoms with Crippen molar-refractivity contribution in [1.82, 2.24) is 0 Å². The van der Waals surface area contributed by atoms with Crippen molar-refractivity contribution in [2.45, 2.75) is 13.3 Å². The van der Waals surface area contributed by atoms with E-state index in [1.54, 1.807) is 0 Å². The number of halogens is 2. The summed E-state index contributed by atoms with van der Waals surface area (Å²) in [5.74, 6) is 0. The molecule has 0 unspecified atom stereocenters. The molecule has 84 valence electrons. The quantitative estimate of drug-likeness (QED) is 0.660. The smallest absolute Gasteiger partial charge is 0.0482 e. The van der Waals surface area contributed by atoms with E-state index >= 15 is 0 Å². The third-order valence-electron chi connectivity index (χ3n) is 2.97. The summed E-state index contributed by atoms with van der Waals surface area (Å²) in [6.07, 6.45) is 5.03. The molecule has 0 N–H and O–H groups in total. The SMILES string of the molecule is CC1=C2CC(=CC=N2)c2ccccc21.Cl.Cl. The Labute approximate surface area is 108 Å². The third-order valence-corrected chi connectivity index (χ3v) is 2.97. The fourth-order valence-electron chi connectivity index (χ4n) is 2.16. The van der Waals surface area contributed by atoms with Crippen LogP contribution in [0.25, 0.3) is 11.1 Å². The highest BCUT2D eigenvalue weighted by molar-refractivity contribution is 5.96. The molecule has 0 atom stereocenters. The molecule has 1 aromatic carbocycles. The minimum Gasteiger partial charge on any atom is -0.261 e. The molecule has 1 aliphatic carbocycles. The molecule has 0 saturated heterocycles. The Morgan fingerprint density at radius 2 is 1.75 bits per heavy atom. The minimum absolute atomic E-state index is 0. The number of nitrogens with zero attached hydrogens (tertiary/aromatic N) is 1. The molecule has 0 aromatic heterocycles. The van der Waals surface area contributed by atoms with E-state index in [1.165, 1.54) is 28.0 Å². The van der Waals surface area contributed by atoms with Crippen molar-refractivity contribution in [1.29, 1.82) is 0 Å². The highest BCUT2D eigenvalue weighted by Gasteiger charge is 2.20. The first kappa shape index (κ1) is 13.0. The van der Waals surface area contributed by atoms with Gasteiger partial charge >= 0.3 is 0 Å². The molecule has 3 rings (SSSR count). The zero-order valence-electron chi connectivity index (χ0n) is 8.93. The molecule has 3 heteroatoms. The van der Waals surface area contributed by atoms with Gasteiger partial charge in [-0.2, -0.15) is 0 Å². The van der Waals surface area contributed by atoms with Gasteiger partial charge in [-0.05, 0) is 35.3 Å². The summed E-state index contributed by atoms with van der Waals surface area (Å²) in [5, 5.41) is 0. The van der Waals surface area contributed by atoms with E-state index in [2.05, 4.69) is 42.3 Å². The molecular weight excluding hydrogens is 241 g/mol. The van der Waals surface area contributed by atoms with Gasteiger partial charge < -0.3 is 0 Å². The van der Waals surface area contributed by atoms with Gasteiger partial charge in [0.25, 0.3) is 0 Å². The van der Waals surface area contributed by atoms with Crippen molar-refractivity contribution in [2.24, 2.45) is 4.99 Å². The number of benzene rings is 1. The predicted octanol–water partition coefficient (Wildman–Crippen LogP) is 4.13.